The SMILES string of the molecule is C[C@H](CNC(=O)N1CCN([C@@H](C)C(F)(F)F)CC1)Cn1cccn1. The summed E-state index contributed by atoms with van der Waals surface area (Å²) in [6.45, 7) is 5.44. The van der Waals surface area contributed by atoms with Gasteiger partial charge in [-0.25, -0.2) is 4.79 Å². The molecule has 0 bridgehead atoms. The van der Waals surface area contributed by atoms with Gasteiger partial charge in [-0.15, -0.1) is 0 Å². The molecule has 1 aliphatic heterocycles. The molecular formula is C15H24F3N5O. The number of amides is 2. The number of hydrogen-bond donors (Lipinski definition) is 1. The van der Waals surface area contributed by atoms with Gasteiger partial charge < -0.3 is 10.2 Å². The third-order valence-corrected chi connectivity index (χ3v) is 4.28. The Bertz CT molecular complexity index is 512. The molecule has 6 nitrogen and oxygen atoms in total. The summed E-state index contributed by atoms with van der Waals surface area (Å²) in [5.74, 6) is 0.209. The number of urea groups is 1. The second kappa shape index (κ2) is 7.87. The summed E-state index contributed by atoms with van der Waals surface area (Å²) in [5, 5.41) is 6.96. The van der Waals surface area contributed by atoms with Gasteiger partial charge in [0, 0.05) is 51.7 Å². The highest BCUT2D eigenvalue weighted by molar-refractivity contribution is 5.74. The van der Waals surface area contributed by atoms with Crippen molar-refractivity contribution in [1.29, 1.82) is 0 Å². The van der Waals surface area contributed by atoms with Crippen LogP contribution in [0.5, 0.6) is 0 Å². The smallest absolute Gasteiger partial charge is 0.338 e. The molecule has 0 unspecified atom stereocenters. The summed E-state index contributed by atoms with van der Waals surface area (Å²) < 4.78 is 39.9. The average molecular weight is 347 g/mol. The van der Waals surface area contributed by atoms with E-state index >= 15 is 0 Å². The van der Waals surface area contributed by atoms with Crippen molar-refractivity contribution >= 4 is 6.03 Å². The maximum atomic E-state index is 12.7. The van der Waals surface area contributed by atoms with Crippen LogP contribution in [0, 0.1) is 5.92 Å². The van der Waals surface area contributed by atoms with Crippen molar-refractivity contribution in [1.82, 2.24) is 24.9 Å². The predicted molar refractivity (Wildman–Crippen MR) is 83.5 cm³/mol. The molecular weight excluding hydrogens is 323 g/mol. The van der Waals surface area contributed by atoms with Gasteiger partial charge in [0.15, 0.2) is 0 Å². The molecule has 136 valence electrons. The Morgan fingerprint density at radius 3 is 2.46 bits per heavy atom. The summed E-state index contributed by atoms with van der Waals surface area (Å²) in [6.07, 6.45) is -0.668. The van der Waals surface area contributed by atoms with Crippen LogP contribution in [0.15, 0.2) is 18.5 Å². The molecule has 2 rings (SSSR count). The van der Waals surface area contributed by atoms with Crippen molar-refractivity contribution in [3.8, 4) is 0 Å². The van der Waals surface area contributed by atoms with E-state index in [2.05, 4.69) is 10.4 Å². The highest BCUT2D eigenvalue weighted by Crippen LogP contribution is 2.25. The van der Waals surface area contributed by atoms with E-state index < -0.39 is 12.2 Å². The zero-order chi connectivity index (χ0) is 17.7. The molecule has 9 heteroatoms. The number of rotatable bonds is 5. The first-order valence-corrected chi connectivity index (χ1v) is 8.08. The average Bonchev–Trinajstić information content (AvgIpc) is 3.04. The van der Waals surface area contributed by atoms with Crippen LogP contribution in [-0.4, -0.2) is 70.6 Å². The molecule has 0 radical (unpaired) electrons. The Kier molecular flexibility index (Phi) is 6.09. The number of alkyl halides is 3. The van der Waals surface area contributed by atoms with Gasteiger partial charge >= 0.3 is 12.2 Å². The summed E-state index contributed by atoms with van der Waals surface area (Å²) in [7, 11) is 0. The highest BCUT2D eigenvalue weighted by atomic mass is 19.4. The Labute approximate surface area is 139 Å². The van der Waals surface area contributed by atoms with E-state index in [1.807, 2.05) is 19.2 Å². The zero-order valence-corrected chi connectivity index (χ0v) is 14.0. The van der Waals surface area contributed by atoms with E-state index in [1.165, 1.54) is 4.90 Å². The van der Waals surface area contributed by atoms with Gasteiger partial charge in [0.2, 0.25) is 0 Å². The molecule has 1 N–H and O–H groups in total. The van der Waals surface area contributed by atoms with Gasteiger partial charge in [-0.3, -0.25) is 9.58 Å². The van der Waals surface area contributed by atoms with Gasteiger partial charge in [-0.05, 0) is 18.9 Å². The number of carbonyl (C=O) groups is 1. The minimum Gasteiger partial charge on any atom is -0.338 e. The molecule has 24 heavy (non-hydrogen) atoms. The fourth-order valence-corrected chi connectivity index (χ4v) is 2.68. The largest absolute Gasteiger partial charge is 0.403 e. The quantitative estimate of drug-likeness (QED) is 0.884. The number of halogens is 3. The monoisotopic (exact) mass is 347 g/mol. The summed E-state index contributed by atoms with van der Waals surface area (Å²) in [5.41, 5.74) is 0. The second-order valence-corrected chi connectivity index (χ2v) is 6.26. The minimum absolute atomic E-state index is 0.209. The normalized spacial score (nSPS) is 19.1. The molecule has 1 aromatic heterocycles. The predicted octanol–water partition coefficient (Wildman–Crippen LogP) is 1.80. The standard InChI is InChI=1S/C15H24F3N5O/c1-12(11-23-5-3-4-20-23)10-19-14(24)22-8-6-21(7-9-22)13(2)15(16,17)18/h3-5,12-13H,6-11H2,1-2H3,(H,19,24)/t12-,13+/m1/s1. The molecule has 1 fully saturated rings. The first kappa shape index (κ1) is 18.6. The topological polar surface area (TPSA) is 53.4 Å². The molecule has 1 aliphatic rings. The Hall–Kier alpha value is -1.77. The van der Waals surface area contributed by atoms with Gasteiger partial charge in [0.25, 0.3) is 0 Å². The lowest BCUT2D eigenvalue weighted by molar-refractivity contribution is -0.181. The van der Waals surface area contributed by atoms with Crippen LogP contribution in [0.2, 0.25) is 0 Å². The number of carbonyl (C=O) groups excluding carboxylic acids is 1. The van der Waals surface area contributed by atoms with Crippen LogP contribution in [0.4, 0.5) is 18.0 Å². The second-order valence-electron chi connectivity index (χ2n) is 6.26. The van der Waals surface area contributed by atoms with Crippen molar-refractivity contribution in [2.75, 3.05) is 32.7 Å². The number of nitrogens with zero attached hydrogens (tertiary/aromatic N) is 4. The number of piperazine rings is 1. The first-order chi connectivity index (χ1) is 11.3. The van der Waals surface area contributed by atoms with Crippen molar-refractivity contribution in [3.63, 3.8) is 0 Å². The molecule has 0 aromatic carbocycles. The summed E-state index contributed by atoms with van der Waals surface area (Å²) >= 11 is 0. The molecule has 1 aromatic rings. The summed E-state index contributed by atoms with van der Waals surface area (Å²) in [6, 6.07) is 0.144. The van der Waals surface area contributed by atoms with Crippen LogP contribution in [0.25, 0.3) is 0 Å². The van der Waals surface area contributed by atoms with Crippen molar-refractivity contribution in [2.45, 2.75) is 32.6 Å². The Balaban J connectivity index is 1.71. The molecule has 2 heterocycles. The van der Waals surface area contributed by atoms with E-state index in [0.29, 0.717) is 26.2 Å². The third-order valence-electron chi connectivity index (χ3n) is 4.28. The zero-order valence-electron chi connectivity index (χ0n) is 14.0. The lowest BCUT2D eigenvalue weighted by atomic mass is 10.2. The molecule has 2 amide bonds. The van der Waals surface area contributed by atoms with Crippen LogP contribution in [0.1, 0.15) is 13.8 Å². The van der Waals surface area contributed by atoms with Crippen LogP contribution >= 0.6 is 0 Å². The van der Waals surface area contributed by atoms with E-state index in [4.69, 9.17) is 0 Å². The molecule has 2 atom stereocenters. The van der Waals surface area contributed by atoms with E-state index in [1.54, 1.807) is 15.8 Å². The first-order valence-electron chi connectivity index (χ1n) is 8.08. The number of hydrogen-bond acceptors (Lipinski definition) is 3. The van der Waals surface area contributed by atoms with Crippen LogP contribution in [0.3, 0.4) is 0 Å². The van der Waals surface area contributed by atoms with Gasteiger partial charge in [0.05, 0.1) is 0 Å². The number of aromatic nitrogens is 2. The van der Waals surface area contributed by atoms with Gasteiger partial charge in [-0.2, -0.15) is 18.3 Å². The molecule has 1 saturated heterocycles. The van der Waals surface area contributed by atoms with Crippen LogP contribution in [-0.2, 0) is 6.54 Å². The maximum Gasteiger partial charge on any atom is 0.403 e. The van der Waals surface area contributed by atoms with Gasteiger partial charge in [0.1, 0.15) is 6.04 Å². The lowest BCUT2D eigenvalue weighted by Gasteiger charge is -2.38. The summed E-state index contributed by atoms with van der Waals surface area (Å²) in [4.78, 5) is 15.1. The van der Waals surface area contributed by atoms with E-state index in [0.717, 1.165) is 6.92 Å². The molecule has 0 spiro atoms. The highest BCUT2D eigenvalue weighted by Gasteiger charge is 2.41. The van der Waals surface area contributed by atoms with E-state index in [9.17, 15) is 18.0 Å². The Morgan fingerprint density at radius 2 is 1.92 bits per heavy atom. The number of nitrogens with one attached hydrogen (secondary N) is 1. The fraction of sp³-hybridized carbons (Fsp3) is 0.733. The van der Waals surface area contributed by atoms with E-state index in [-0.39, 0.29) is 25.0 Å². The van der Waals surface area contributed by atoms with Crippen molar-refractivity contribution in [2.24, 2.45) is 5.92 Å². The van der Waals surface area contributed by atoms with Gasteiger partial charge in [-0.1, -0.05) is 6.92 Å². The van der Waals surface area contributed by atoms with Crippen molar-refractivity contribution < 1.29 is 18.0 Å². The Morgan fingerprint density at radius 1 is 1.25 bits per heavy atom. The third kappa shape index (κ3) is 5.12. The molecule has 0 saturated carbocycles. The lowest BCUT2D eigenvalue weighted by Crippen LogP contribution is -2.56. The maximum absolute atomic E-state index is 12.7. The minimum atomic E-state index is -4.23. The fourth-order valence-electron chi connectivity index (χ4n) is 2.68. The molecule has 0 aliphatic carbocycles. The van der Waals surface area contributed by atoms with Crippen molar-refractivity contribution in [3.05, 3.63) is 18.5 Å². The van der Waals surface area contributed by atoms with Crippen LogP contribution < -0.4 is 5.32 Å².